The van der Waals surface area contributed by atoms with Crippen LogP contribution in [0.2, 0.25) is 0 Å². The molecule has 0 unspecified atom stereocenters. The highest BCUT2D eigenvalue weighted by Crippen LogP contribution is 2.24. The molecule has 0 atom stereocenters. The topological polar surface area (TPSA) is 80.9 Å². The molecular weight excluding hydrogens is 360 g/mol. The van der Waals surface area contributed by atoms with Crippen LogP contribution in [0.1, 0.15) is 27.8 Å². The van der Waals surface area contributed by atoms with Gasteiger partial charge in [0.1, 0.15) is 10.7 Å². The highest BCUT2D eigenvalue weighted by Gasteiger charge is 2.15. The van der Waals surface area contributed by atoms with Gasteiger partial charge < -0.3 is 9.84 Å². The standard InChI is InChI=1S/C20H16N4O2S/c1-13-21-18(26-24-13)11-15-9-5-6-10-16(15)22-19(25)17-12-27-20(23-17)14-7-3-2-4-8-14/h2-10,12H,11H2,1H3,(H,22,25). The maximum absolute atomic E-state index is 12.6. The Kier molecular flexibility index (Phi) is 4.76. The van der Waals surface area contributed by atoms with Gasteiger partial charge in [-0.1, -0.05) is 53.7 Å². The predicted octanol–water partition coefficient (Wildman–Crippen LogP) is 4.34. The Morgan fingerprint density at radius 2 is 1.85 bits per heavy atom. The van der Waals surface area contributed by atoms with E-state index in [1.54, 1.807) is 12.3 Å². The van der Waals surface area contributed by atoms with E-state index in [1.165, 1.54) is 11.3 Å². The summed E-state index contributed by atoms with van der Waals surface area (Å²) < 4.78 is 5.18. The summed E-state index contributed by atoms with van der Waals surface area (Å²) in [5.41, 5.74) is 2.98. The van der Waals surface area contributed by atoms with E-state index in [4.69, 9.17) is 4.52 Å². The van der Waals surface area contributed by atoms with Crippen molar-refractivity contribution in [3.63, 3.8) is 0 Å². The van der Waals surface area contributed by atoms with Crippen LogP contribution in [0.3, 0.4) is 0 Å². The molecule has 0 radical (unpaired) electrons. The molecule has 4 rings (SSSR count). The Morgan fingerprint density at radius 3 is 2.63 bits per heavy atom. The van der Waals surface area contributed by atoms with Gasteiger partial charge in [-0.25, -0.2) is 4.98 Å². The highest BCUT2D eigenvalue weighted by molar-refractivity contribution is 7.13. The van der Waals surface area contributed by atoms with Crippen molar-refractivity contribution in [2.45, 2.75) is 13.3 Å². The molecule has 0 aliphatic carbocycles. The summed E-state index contributed by atoms with van der Waals surface area (Å²) in [6.07, 6.45) is 0.448. The highest BCUT2D eigenvalue weighted by atomic mass is 32.1. The fraction of sp³-hybridized carbons (Fsp3) is 0.100. The lowest BCUT2D eigenvalue weighted by Crippen LogP contribution is -2.13. The lowest BCUT2D eigenvalue weighted by molar-refractivity contribution is 0.102. The van der Waals surface area contributed by atoms with Crippen molar-refractivity contribution in [2.75, 3.05) is 5.32 Å². The van der Waals surface area contributed by atoms with E-state index in [1.807, 2.05) is 54.6 Å². The molecule has 0 bridgehead atoms. The van der Waals surface area contributed by atoms with Crippen LogP contribution >= 0.6 is 11.3 Å². The van der Waals surface area contributed by atoms with Gasteiger partial charge in [0.15, 0.2) is 5.82 Å². The van der Waals surface area contributed by atoms with E-state index in [2.05, 4.69) is 20.4 Å². The number of nitrogens with one attached hydrogen (secondary N) is 1. The van der Waals surface area contributed by atoms with Crippen LogP contribution in [-0.4, -0.2) is 21.0 Å². The number of thiazole rings is 1. The number of hydrogen-bond acceptors (Lipinski definition) is 6. The third-order valence-corrected chi connectivity index (χ3v) is 4.83. The van der Waals surface area contributed by atoms with Gasteiger partial charge >= 0.3 is 0 Å². The first kappa shape index (κ1) is 17.1. The number of benzene rings is 2. The Balaban J connectivity index is 1.53. The van der Waals surface area contributed by atoms with Crippen molar-refractivity contribution in [1.29, 1.82) is 0 Å². The second-order valence-corrected chi connectivity index (χ2v) is 6.79. The number of anilines is 1. The number of carbonyl (C=O) groups excluding carboxylic acids is 1. The summed E-state index contributed by atoms with van der Waals surface area (Å²) in [5.74, 6) is 0.847. The van der Waals surface area contributed by atoms with E-state index >= 15 is 0 Å². The molecule has 134 valence electrons. The van der Waals surface area contributed by atoms with Crippen LogP contribution in [0.15, 0.2) is 64.5 Å². The number of amides is 1. The molecule has 0 aliphatic heterocycles. The Hall–Kier alpha value is -3.32. The van der Waals surface area contributed by atoms with E-state index in [0.29, 0.717) is 29.5 Å². The first-order valence-corrected chi connectivity index (χ1v) is 9.26. The lowest BCUT2D eigenvalue weighted by Gasteiger charge is -2.08. The fourth-order valence-corrected chi connectivity index (χ4v) is 3.46. The first-order chi connectivity index (χ1) is 13.2. The fourth-order valence-electron chi connectivity index (χ4n) is 2.65. The molecule has 1 amide bonds. The van der Waals surface area contributed by atoms with Crippen LogP contribution in [0.4, 0.5) is 5.69 Å². The summed E-state index contributed by atoms with van der Waals surface area (Å²) in [6.45, 7) is 1.77. The van der Waals surface area contributed by atoms with Crippen LogP contribution in [0.5, 0.6) is 0 Å². The Bertz CT molecular complexity index is 1070. The van der Waals surface area contributed by atoms with Crippen LogP contribution in [0.25, 0.3) is 10.6 Å². The molecular formula is C20H16N4O2S. The van der Waals surface area contributed by atoms with Crippen LogP contribution in [0, 0.1) is 6.92 Å². The number of carbonyl (C=O) groups is 1. The molecule has 0 spiro atoms. The molecule has 0 saturated heterocycles. The molecule has 6 nitrogen and oxygen atoms in total. The minimum Gasteiger partial charge on any atom is -0.339 e. The maximum atomic E-state index is 12.6. The van der Waals surface area contributed by atoms with E-state index in [-0.39, 0.29) is 5.91 Å². The van der Waals surface area contributed by atoms with Gasteiger partial charge in [0.25, 0.3) is 5.91 Å². The average Bonchev–Trinajstić information content (AvgIpc) is 3.33. The Labute approximate surface area is 159 Å². The lowest BCUT2D eigenvalue weighted by atomic mass is 10.1. The summed E-state index contributed by atoms with van der Waals surface area (Å²) in [7, 11) is 0. The summed E-state index contributed by atoms with van der Waals surface area (Å²) >= 11 is 1.45. The smallest absolute Gasteiger partial charge is 0.275 e. The van der Waals surface area contributed by atoms with Crippen molar-refractivity contribution >= 4 is 22.9 Å². The summed E-state index contributed by atoms with van der Waals surface area (Å²) in [5, 5.41) is 9.32. The molecule has 2 aromatic heterocycles. The molecule has 27 heavy (non-hydrogen) atoms. The third-order valence-electron chi connectivity index (χ3n) is 3.93. The van der Waals surface area contributed by atoms with Crippen LogP contribution in [-0.2, 0) is 6.42 Å². The van der Waals surface area contributed by atoms with Gasteiger partial charge in [-0.3, -0.25) is 4.79 Å². The summed E-state index contributed by atoms with van der Waals surface area (Å²) in [6, 6.07) is 17.3. The zero-order chi connectivity index (χ0) is 18.6. The van der Waals surface area contributed by atoms with E-state index in [9.17, 15) is 4.79 Å². The number of hydrogen-bond donors (Lipinski definition) is 1. The average molecular weight is 376 g/mol. The molecule has 0 saturated carbocycles. The van der Waals surface area contributed by atoms with Gasteiger partial charge in [-0.2, -0.15) is 4.98 Å². The molecule has 2 aromatic carbocycles. The zero-order valence-corrected chi connectivity index (χ0v) is 15.4. The second kappa shape index (κ2) is 7.51. The monoisotopic (exact) mass is 376 g/mol. The van der Waals surface area contributed by atoms with Crippen molar-refractivity contribution in [3.05, 3.63) is 82.9 Å². The third kappa shape index (κ3) is 3.93. The van der Waals surface area contributed by atoms with Gasteiger partial charge in [-0.05, 0) is 18.6 Å². The number of rotatable bonds is 5. The van der Waals surface area contributed by atoms with E-state index < -0.39 is 0 Å². The summed E-state index contributed by atoms with van der Waals surface area (Å²) in [4.78, 5) is 21.3. The predicted molar refractivity (Wildman–Crippen MR) is 104 cm³/mol. The van der Waals surface area contributed by atoms with Crippen molar-refractivity contribution in [3.8, 4) is 10.6 Å². The zero-order valence-electron chi connectivity index (χ0n) is 14.5. The van der Waals surface area contributed by atoms with E-state index in [0.717, 1.165) is 16.1 Å². The van der Waals surface area contributed by atoms with Gasteiger partial charge in [0.05, 0.1) is 6.42 Å². The molecule has 0 fully saturated rings. The van der Waals surface area contributed by atoms with Gasteiger partial charge in [0.2, 0.25) is 5.89 Å². The van der Waals surface area contributed by atoms with Gasteiger partial charge in [0, 0.05) is 16.6 Å². The number of aromatic nitrogens is 3. The molecule has 2 heterocycles. The normalized spacial score (nSPS) is 10.7. The molecule has 4 aromatic rings. The first-order valence-electron chi connectivity index (χ1n) is 8.38. The minimum absolute atomic E-state index is 0.248. The molecule has 7 heteroatoms. The number of nitrogens with zero attached hydrogens (tertiary/aromatic N) is 3. The molecule has 1 N–H and O–H groups in total. The van der Waals surface area contributed by atoms with Crippen molar-refractivity contribution in [1.82, 2.24) is 15.1 Å². The largest absolute Gasteiger partial charge is 0.339 e. The van der Waals surface area contributed by atoms with Crippen molar-refractivity contribution in [2.24, 2.45) is 0 Å². The second-order valence-electron chi connectivity index (χ2n) is 5.93. The SMILES string of the molecule is Cc1noc(Cc2ccccc2NC(=O)c2csc(-c3ccccc3)n2)n1. The molecule has 0 aliphatic rings. The quantitative estimate of drug-likeness (QED) is 0.560. The Morgan fingerprint density at radius 1 is 1.07 bits per heavy atom. The maximum Gasteiger partial charge on any atom is 0.275 e. The number of aryl methyl sites for hydroxylation is 1. The van der Waals surface area contributed by atoms with Gasteiger partial charge in [-0.15, -0.1) is 11.3 Å². The minimum atomic E-state index is -0.248. The number of para-hydroxylation sites is 1. The van der Waals surface area contributed by atoms with Crippen LogP contribution < -0.4 is 5.32 Å². The van der Waals surface area contributed by atoms with Crippen molar-refractivity contribution < 1.29 is 9.32 Å².